The van der Waals surface area contributed by atoms with Gasteiger partial charge in [0.15, 0.2) is 5.78 Å². The van der Waals surface area contributed by atoms with Crippen molar-refractivity contribution in [1.29, 1.82) is 0 Å². The number of carbonyl (C=O) groups excluding carboxylic acids is 2. The molecule has 3 rings (SSSR count). The van der Waals surface area contributed by atoms with Crippen LogP contribution in [0.1, 0.15) is 28.4 Å². The second-order valence-corrected chi connectivity index (χ2v) is 4.67. The van der Waals surface area contributed by atoms with Crippen molar-refractivity contribution in [3.63, 3.8) is 0 Å². The lowest BCUT2D eigenvalue weighted by Crippen LogP contribution is -2.07. The number of benzene rings is 2. The van der Waals surface area contributed by atoms with Crippen molar-refractivity contribution in [3.8, 4) is 5.75 Å². The topological polar surface area (TPSA) is 55.4 Å². The van der Waals surface area contributed by atoms with E-state index in [0.717, 1.165) is 5.56 Å². The number of fused-ring (bicyclic) bond motifs is 2. The summed E-state index contributed by atoms with van der Waals surface area (Å²) in [4.78, 5) is 23.6. The monoisotopic (exact) mass is 267 g/mol. The molecule has 0 bridgehead atoms. The normalized spacial score (nSPS) is 12.8. The van der Waals surface area contributed by atoms with E-state index < -0.39 is 0 Å². The minimum absolute atomic E-state index is 0.0533. The number of anilines is 1. The van der Waals surface area contributed by atoms with Gasteiger partial charge < -0.3 is 10.1 Å². The zero-order chi connectivity index (χ0) is 14.1. The lowest BCUT2D eigenvalue weighted by atomic mass is 9.99. The first-order valence-electron chi connectivity index (χ1n) is 6.32. The smallest absolute Gasteiger partial charge is 0.221 e. The Morgan fingerprint density at radius 1 is 1.15 bits per heavy atom. The van der Waals surface area contributed by atoms with Crippen LogP contribution in [-0.4, -0.2) is 11.7 Å². The first kappa shape index (κ1) is 12.4. The summed E-state index contributed by atoms with van der Waals surface area (Å²) in [6, 6.07) is 12.5. The van der Waals surface area contributed by atoms with E-state index in [0.29, 0.717) is 29.2 Å². The van der Waals surface area contributed by atoms with Gasteiger partial charge >= 0.3 is 0 Å². The highest BCUT2D eigenvalue weighted by Gasteiger charge is 2.22. The predicted octanol–water partition coefficient (Wildman–Crippen LogP) is 2.77. The number of rotatable bonds is 1. The van der Waals surface area contributed by atoms with Crippen LogP contribution in [0.25, 0.3) is 0 Å². The molecule has 0 aromatic heterocycles. The van der Waals surface area contributed by atoms with Gasteiger partial charge in [-0.2, -0.15) is 0 Å². The fourth-order valence-electron chi connectivity index (χ4n) is 2.28. The van der Waals surface area contributed by atoms with Crippen molar-refractivity contribution in [1.82, 2.24) is 0 Å². The quantitative estimate of drug-likeness (QED) is 0.864. The van der Waals surface area contributed by atoms with Crippen molar-refractivity contribution in [2.75, 3.05) is 5.32 Å². The molecule has 0 atom stereocenters. The highest BCUT2D eigenvalue weighted by atomic mass is 16.5. The van der Waals surface area contributed by atoms with Gasteiger partial charge in [-0.1, -0.05) is 24.3 Å². The molecule has 4 nitrogen and oxygen atoms in total. The van der Waals surface area contributed by atoms with E-state index in [4.69, 9.17) is 4.74 Å². The molecule has 0 saturated heterocycles. The van der Waals surface area contributed by atoms with E-state index in [1.165, 1.54) is 6.92 Å². The molecule has 1 heterocycles. The third-order valence-electron chi connectivity index (χ3n) is 3.19. The first-order chi connectivity index (χ1) is 9.65. The Kier molecular flexibility index (Phi) is 2.99. The molecule has 1 aliphatic heterocycles. The lowest BCUT2D eigenvalue weighted by Gasteiger charge is -2.09. The maximum atomic E-state index is 12.5. The molecule has 0 radical (unpaired) electrons. The Morgan fingerprint density at radius 2 is 1.95 bits per heavy atom. The molecule has 1 amide bonds. The van der Waals surface area contributed by atoms with E-state index in [2.05, 4.69) is 5.32 Å². The molecule has 0 spiro atoms. The van der Waals surface area contributed by atoms with Crippen molar-refractivity contribution in [2.45, 2.75) is 13.5 Å². The van der Waals surface area contributed by atoms with Gasteiger partial charge in [-0.05, 0) is 12.1 Å². The third kappa shape index (κ3) is 2.16. The van der Waals surface area contributed by atoms with Crippen molar-refractivity contribution < 1.29 is 14.3 Å². The van der Waals surface area contributed by atoms with E-state index in [1.54, 1.807) is 24.3 Å². The highest BCUT2D eigenvalue weighted by Crippen LogP contribution is 2.30. The van der Waals surface area contributed by atoms with Crippen LogP contribution in [0.4, 0.5) is 5.69 Å². The zero-order valence-electron chi connectivity index (χ0n) is 11.0. The number of carbonyl (C=O) groups is 2. The summed E-state index contributed by atoms with van der Waals surface area (Å²) < 4.78 is 5.70. The standard InChI is InChI=1S/C16H13NO3/c1-10(18)17-12-6-7-14-15(8-12)20-9-11-4-2-3-5-13(11)16(14)19/h2-8H,9H2,1H3,(H,17,18). The van der Waals surface area contributed by atoms with E-state index in [-0.39, 0.29) is 11.7 Å². The fraction of sp³-hybridized carbons (Fsp3) is 0.125. The van der Waals surface area contributed by atoms with Crippen LogP contribution >= 0.6 is 0 Å². The minimum atomic E-state index is -0.159. The van der Waals surface area contributed by atoms with Gasteiger partial charge in [-0.15, -0.1) is 0 Å². The van der Waals surface area contributed by atoms with Crippen LogP contribution in [-0.2, 0) is 11.4 Å². The van der Waals surface area contributed by atoms with Crippen LogP contribution in [0.15, 0.2) is 42.5 Å². The summed E-state index contributed by atoms with van der Waals surface area (Å²) in [6.45, 7) is 1.78. The molecule has 100 valence electrons. The second-order valence-electron chi connectivity index (χ2n) is 4.67. The second kappa shape index (κ2) is 4.81. The Hall–Kier alpha value is -2.62. The molecule has 0 saturated carbocycles. The zero-order valence-corrected chi connectivity index (χ0v) is 11.0. The molecular formula is C16H13NO3. The molecule has 4 heteroatoms. The summed E-state index contributed by atoms with van der Waals surface area (Å²) in [6.07, 6.45) is 0. The van der Waals surface area contributed by atoms with Crippen LogP contribution in [0, 0.1) is 0 Å². The maximum Gasteiger partial charge on any atom is 0.221 e. The van der Waals surface area contributed by atoms with Crippen molar-refractivity contribution in [2.24, 2.45) is 0 Å². The Morgan fingerprint density at radius 3 is 2.75 bits per heavy atom. The van der Waals surface area contributed by atoms with Crippen LogP contribution in [0.5, 0.6) is 5.75 Å². The van der Waals surface area contributed by atoms with Gasteiger partial charge in [-0.25, -0.2) is 0 Å². The Labute approximate surface area is 116 Å². The molecule has 2 aromatic carbocycles. The average Bonchev–Trinajstić information content (AvgIpc) is 2.57. The summed E-state index contributed by atoms with van der Waals surface area (Å²) in [5, 5.41) is 2.68. The van der Waals surface area contributed by atoms with Crippen LogP contribution in [0.3, 0.4) is 0 Å². The molecule has 0 aliphatic carbocycles. The van der Waals surface area contributed by atoms with Gasteiger partial charge in [0, 0.05) is 29.8 Å². The molecule has 1 N–H and O–H groups in total. The lowest BCUT2D eigenvalue weighted by molar-refractivity contribution is -0.114. The SMILES string of the molecule is CC(=O)Nc1ccc2c(c1)OCc1ccccc1C2=O. The summed E-state index contributed by atoms with van der Waals surface area (Å²) in [5.74, 6) is 0.285. The summed E-state index contributed by atoms with van der Waals surface area (Å²) >= 11 is 0. The largest absolute Gasteiger partial charge is 0.488 e. The molecule has 20 heavy (non-hydrogen) atoms. The number of ether oxygens (including phenoxy) is 1. The molecular weight excluding hydrogens is 254 g/mol. The number of hydrogen-bond donors (Lipinski definition) is 1. The molecule has 0 unspecified atom stereocenters. The number of ketones is 1. The van der Waals surface area contributed by atoms with Gasteiger partial charge in [0.2, 0.25) is 5.91 Å². The maximum absolute atomic E-state index is 12.5. The Bertz CT molecular complexity index is 707. The van der Waals surface area contributed by atoms with Gasteiger partial charge in [-0.3, -0.25) is 9.59 Å². The predicted molar refractivity (Wildman–Crippen MR) is 75.0 cm³/mol. The molecule has 0 fully saturated rings. The van der Waals surface area contributed by atoms with Gasteiger partial charge in [0.25, 0.3) is 0 Å². The van der Waals surface area contributed by atoms with Crippen LogP contribution < -0.4 is 10.1 Å². The first-order valence-corrected chi connectivity index (χ1v) is 6.32. The van der Waals surface area contributed by atoms with E-state index in [1.807, 2.05) is 18.2 Å². The van der Waals surface area contributed by atoms with Crippen molar-refractivity contribution >= 4 is 17.4 Å². The van der Waals surface area contributed by atoms with E-state index >= 15 is 0 Å². The molecule has 1 aliphatic rings. The highest BCUT2D eigenvalue weighted by molar-refractivity contribution is 6.12. The van der Waals surface area contributed by atoms with Gasteiger partial charge in [0.05, 0.1) is 5.56 Å². The number of hydrogen-bond acceptors (Lipinski definition) is 3. The van der Waals surface area contributed by atoms with E-state index in [9.17, 15) is 9.59 Å². The van der Waals surface area contributed by atoms with Gasteiger partial charge in [0.1, 0.15) is 12.4 Å². The number of nitrogens with one attached hydrogen (secondary N) is 1. The Balaban J connectivity index is 2.05. The minimum Gasteiger partial charge on any atom is -0.488 e. The molecule has 2 aromatic rings. The van der Waals surface area contributed by atoms with Crippen LogP contribution in [0.2, 0.25) is 0 Å². The fourth-order valence-corrected chi connectivity index (χ4v) is 2.28. The summed E-state index contributed by atoms with van der Waals surface area (Å²) in [7, 11) is 0. The summed E-state index contributed by atoms with van der Waals surface area (Å²) in [5.41, 5.74) is 2.67. The number of amides is 1. The average molecular weight is 267 g/mol. The third-order valence-corrected chi connectivity index (χ3v) is 3.19. The van der Waals surface area contributed by atoms with Crippen molar-refractivity contribution in [3.05, 3.63) is 59.2 Å².